The second kappa shape index (κ2) is 7.92. The van der Waals surface area contributed by atoms with Crippen LogP contribution in [0.1, 0.15) is 12.5 Å². The topological polar surface area (TPSA) is 95.3 Å². The Hall–Kier alpha value is -2.90. The molecular weight excluding hydrogens is 300 g/mol. The van der Waals surface area contributed by atoms with Crippen LogP contribution in [0.5, 0.6) is 5.75 Å². The van der Waals surface area contributed by atoms with Gasteiger partial charge in [-0.05, 0) is 24.6 Å². The van der Waals surface area contributed by atoms with Crippen molar-refractivity contribution in [3.63, 3.8) is 0 Å². The molecule has 2 rings (SSSR count). The Labute approximate surface area is 133 Å². The van der Waals surface area contributed by atoms with Gasteiger partial charge in [0.25, 0.3) is 0 Å². The molecule has 0 saturated carbocycles. The highest BCUT2D eigenvalue weighted by Crippen LogP contribution is 2.12. The molecule has 122 valence electrons. The van der Waals surface area contributed by atoms with Crippen molar-refractivity contribution >= 4 is 17.7 Å². The van der Waals surface area contributed by atoms with E-state index in [1.165, 1.54) is 11.0 Å². The third kappa shape index (κ3) is 5.10. The Morgan fingerprint density at radius 2 is 2.00 bits per heavy atom. The van der Waals surface area contributed by atoms with E-state index in [2.05, 4.69) is 15.5 Å². The summed E-state index contributed by atoms with van der Waals surface area (Å²) in [6.07, 6.45) is 1.58. The van der Waals surface area contributed by atoms with Gasteiger partial charge < -0.3 is 14.8 Å². The van der Waals surface area contributed by atoms with E-state index in [0.717, 1.165) is 11.3 Å². The Balaban J connectivity index is 1.87. The van der Waals surface area contributed by atoms with Crippen LogP contribution in [0.4, 0.5) is 5.82 Å². The van der Waals surface area contributed by atoms with E-state index >= 15 is 0 Å². The maximum absolute atomic E-state index is 12.0. The first-order valence-electron chi connectivity index (χ1n) is 7.09. The molecule has 1 heterocycles. The van der Waals surface area contributed by atoms with E-state index in [-0.39, 0.29) is 24.7 Å². The molecule has 0 bridgehead atoms. The van der Waals surface area contributed by atoms with Crippen LogP contribution < -0.4 is 10.1 Å². The van der Waals surface area contributed by atoms with Gasteiger partial charge in [-0.15, -0.1) is 5.10 Å². The molecule has 0 radical (unpaired) electrons. The van der Waals surface area contributed by atoms with Crippen molar-refractivity contribution in [2.24, 2.45) is 0 Å². The lowest BCUT2D eigenvalue weighted by Crippen LogP contribution is -2.17. The number of ether oxygens (including phenoxy) is 2. The van der Waals surface area contributed by atoms with Crippen molar-refractivity contribution in [3.8, 4) is 5.75 Å². The number of aromatic nitrogens is 3. The molecule has 0 saturated heterocycles. The number of methoxy groups -OCH3 is 1. The summed E-state index contributed by atoms with van der Waals surface area (Å²) in [5, 5.41) is 10.5. The number of hydrogen-bond acceptors (Lipinski definition) is 6. The Morgan fingerprint density at radius 3 is 2.65 bits per heavy atom. The summed E-state index contributed by atoms with van der Waals surface area (Å²) in [7, 11) is 1.58. The molecule has 0 spiro atoms. The maximum atomic E-state index is 12.0. The fraction of sp³-hybridized carbons (Fsp3) is 0.333. The third-order valence-electron chi connectivity index (χ3n) is 2.90. The number of nitrogens with one attached hydrogen (secondary N) is 1. The Morgan fingerprint density at radius 1 is 1.26 bits per heavy atom. The Kier molecular flexibility index (Phi) is 5.67. The number of rotatable bonds is 7. The summed E-state index contributed by atoms with van der Waals surface area (Å²) in [4.78, 5) is 24.4. The highest BCUT2D eigenvalue weighted by molar-refractivity contribution is 5.91. The van der Waals surface area contributed by atoms with Gasteiger partial charge in [0.05, 0.1) is 26.3 Å². The van der Waals surface area contributed by atoms with Gasteiger partial charge in [0, 0.05) is 0 Å². The van der Waals surface area contributed by atoms with Crippen LogP contribution in [0.2, 0.25) is 0 Å². The van der Waals surface area contributed by atoms with E-state index in [0.29, 0.717) is 6.61 Å². The van der Waals surface area contributed by atoms with Crippen LogP contribution >= 0.6 is 0 Å². The number of amides is 1. The third-order valence-corrected chi connectivity index (χ3v) is 2.90. The van der Waals surface area contributed by atoms with Crippen LogP contribution in [0.15, 0.2) is 30.5 Å². The molecule has 8 heteroatoms. The lowest BCUT2D eigenvalue weighted by atomic mass is 10.1. The van der Waals surface area contributed by atoms with Crippen molar-refractivity contribution in [2.75, 3.05) is 19.0 Å². The van der Waals surface area contributed by atoms with Gasteiger partial charge in [-0.25, -0.2) is 4.79 Å². The van der Waals surface area contributed by atoms with Crippen LogP contribution in [-0.4, -0.2) is 40.6 Å². The first-order valence-corrected chi connectivity index (χ1v) is 7.09. The van der Waals surface area contributed by atoms with Gasteiger partial charge in [-0.3, -0.25) is 4.79 Å². The summed E-state index contributed by atoms with van der Waals surface area (Å²) in [6, 6.07) is 7.21. The average Bonchev–Trinajstić information content (AvgIpc) is 2.95. The number of benzene rings is 1. The quantitative estimate of drug-likeness (QED) is 0.766. The molecule has 0 atom stereocenters. The molecule has 0 unspecified atom stereocenters. The largest absolute Gasteiger partial charge is 0.497 e. The van der Waals surface area contributed by atoms with Gasteiger partial charge in [0.15, 0.2) is 12.4 Å². The molecule has 2 aromatic rings. The zero-order valence-corrected chi connectivity index (χ0v) is 13.0. The van der Waals surface area contributed by atoms with Crippen LogP contribution in [0.3, 0.4) is 0 Å². The molecule has 0 aliphatic carbocycles. The van der Waals surface area contributed by atoms with E-state index < -0.39 is 5.97 Å². The fourth-order valence-electron chi connectivity index (χ4n) is 1.87. The van der Waals surface area contributed by atoms with Crippen LogP contribution in [0, 0.1) is 0 Å². The standard InChI is InChI=1S/C15H18N4O4/c1-3-23-15(21)10-19-16-9-13(18-19)17-14(20)8-11-4-6-12(22-2)7-5-11/h4-7,9H,3,8,10H2,1-2H3,(H,17,18,20). The summed E-state index contributed by atoms with van der Waals surface area (Å²) in [5.41, 5.74) is 0.849. The van der Waals surface area contributed by atoms with Crippen LogP contribution in [-0.2, 0) is 27.3 Å². The average molecular weight is 318 g/mol. The number of carbonyl (C=O) groups is 2. The van der Waals surface area contributed by atoms with E-state index in [1.54, 1.807) is 26.2 Å². The lowest BCUT2D eigenvalue weighted by molar-refractivity contribution is -0.144. The molecular formula is C15H18N4O4. The van der Waals surface area contributed by atoms with E-state index in [1.807, 2.05) is 12.1 Å². The van der Waals surface area contributed by atoms with E-state index in [4.69, 9.17) is 9.47 Å². The first-order chi connectivity index (χ1) is 11.1. The Bertz CT molecular complexity index is 666. The predicted molar refractivity (Wildman–Crippen MR) is 82.0 cm³/mol. The predicted octanol–water partition coefficient (Wildman–Crippen LogP) is 1.03. The molecule has 1 amide bonds. The van der Waals surface area contributed by atoms with Gasteiger partial charge in [-0.1, -0.05) is 12.1 Å². The number of anilines is 1. The van der Waals surface area contributed by atoms with Crippen molar-refractivity contribution in [2.45, 2.75) is 19.9 Å². The molecule has 1 aromatic carbocycles. The molecule has 8 nitrogen and oxygen atoms in total. The fourth-order valence-corrected chi connectivity index (χ4v) is 1.87. The lowest BCUT2D eigenvalue weighted by Gasteiger charge is -2.04. The summed E-state index contributed by atoms with van der Waals surface area (Å²) in [6.45, 7) is 1.92. The smallest absolute Gasteiger partial charge is 0.329 e. The van der Waals surface area contributed by atoms with Crippen LogP contribution in [0.25, 0.3) is 0 Å². The number of carbonyl (C=O) groups excluding carboxylic acids is 2. The number of hydrogen-bond donors (Lipinski definition) is 1. The monoisotopic (exact) mass is 318 g/mol. The maximum Gasteiger partial charge on any atom is 0.329 e. The highest BCUT2D eigenvalue weighted by Gasteiger charge is 2.10. The normalized spacial score (nSPS) is 10.2. The molecule has 1 N–H and O–H groups in total. The molecule has 0 aliphatic heterocycles. The SMILES string of the molecule is CCOC(=O)Cn1ncc(NC(=O)Cc2ccc(OC)cc2)n1. The number of esters is 1. The first kappa shape index (κ1) is 16.5. The zero-order valence-electron chi connectivity index (χ0n) is 13.0. The molecule has 23 heavy (non-hydrogen) atoms. The van der Waals surface area contributed by atoms with E-state index in [9.17, 15) is 9.59 Å². The molecule has 1 aromatic heterocycles. The van der Waals surface area contributed by atoms with Gasteiger partial charge >= 0.3 is 5.97 Å². The summed E-state index contributed by atoms with van der Waals surface area (Å²) in [5.74, 6) is 0.362. The minimum absolute atomic E-state index is 0.0950. The second-order valence-electron chi connectivity index (χ2n) is 4.64. The van der Waals surface area contributed by atoms with Crippen molar-refractivity contribution in [3.05, 3.63) is 36.0 Å². The second-order valence-corrected chi connectivity index (χ2v) is 4.64. The zero-order chi connectivity index (χ0) is 16.7. The van der Waals surface area contributed by atoms with Crippen molar-refractivity contribution in [1.82, 2.24) is 15.0 Å². The van der Waals surface area contributed by atoms with Crippen molar-refractivity contribution in [1.29, 1.82) is 0 Å². The van der Waals surface area contributed by atoms with Gasteiger partial charge in [0.2, 0.25) is 5.91 Å². The summed E-state index contributed by atoms with van der Waals surface area (Å²) >= 11 is 0. The molecule has 0 fully saturated rings. The van der Waals surface area contributed by atoms with Gasteiger partial charge in [-0.2, -0.15) is 9.90 Å². The summed E-state index contributed by atoms with van der Waals surface area (Å²) < 4.78 is 9.86. The minimum Gasteiger partial charge on any atom is -0.497 e. The highest BCUT2D eigenvalue weighted by atomic mass is 16.5. The minimum atomic E-state index is -0.431. The van der Waals surface area contributed by atoms with Crippen molar-refractivity contribution < 1.29 is 19.1 Å². The number of nitrogens with zero attached hydrogens (tertiary/aromatic N) is 3. The molecule has 0 aliphatic rings. The van der Waals surface area contributed by atoms with Gasteiger partial charge in [0.1, 0.15) is 5.75 Å².